The van der Waals surface area contributed by atoms with E-state index in [2.05, 4.69) is 4.98 Å². The molecule has 0 bridgehead atoms. The average Bonchev–Trinajstić information content (AvgIpc) is 2.68. The average molecular weight is 354 g/mol. The molecule has 0 saturated carbocycles. The van der Waals surface area contributed by atoms with Crippen molar-refractivity contribution in [1.29, 1.82) is 0 Å². The van der Waals surface area contributed by atoms with E-state index in [0.29, 0.717) is 28.0 Å². The Labute approximate surface area is 149 Å². The highest BCUT2D eigenvalue weighted by atomic mass is 16.5. The van der Waals surface area contributed by atoms with Crippen LogP contribution in [0.4, 0.5) is 0 Å². The molecule has 0 aliphatic carbocycles. The first-order valence-corrected chi connectivity index (χ1v) is 7.93. The van der Waals surface area contributed by atoms with Gasteiger partial charge >= 0.3 is 5.97 Å². The Morgan fingerprint density at radius 2 is 1.92 bits per heavy atom. The van der Waals surface area contributed by atoms with Gasteiger partial charge in [0.05, 0.1) is 31.4 Å². The molecule has 7 nitrogen and oxygen atoms in total. The zero-order valence-electron chi connectivity index (χ0n) is 14.5. The summed E-state index contributed by atoms with van der Waals surface area (Å²) in [6, 6.07) is 12.2. The normalized spacial score (nSPS) is 10.5. The summed E-state index contributed by atoms with van der Waals surface area (Å²) in [5.74, 6) is 0.670. The summed E-state index contributed by atoms with van der Waals surface area (Å²) in [6.07, 6.45) is 1.35. The minimum Gasteiger partial charge on any atom is -0.497 e. The second-order valence-corrected chi connectivity index (χ2v) is 5.53. The molecule has 0 atom stereocenters. The van der Waals surface area contributed by atoms with Gasteiger partial charge in [0, 0.05) is 5.56 Å². The number of fused-ring (bicyclic) bond motifs is 1. The van der Waals surface area contributed by atoms with Crippen molar-refractivity contribution in [2.24, 2.45) is 0 Å². The molecule has 0 fully saturated rings. The maximum Gasteiger partial charge on any atom is 0.326 e. The monoisotopic (exact) mass is 354 g/mol. The Morgan fingerprint density at radius 3 is 2.69 bits per heavy atom. The van der Waals surface area contributed by atoms with Crippen molar-refractivity contribution in [3.63, 3.8) is 0 Å². The van der Waals surface area contributed by atoms with Gasteiger partial charge in [0.2, 0.25) is 0 Å². The van der Waals surface area contributed by atoms with E-state index < -0.39 is 5.97 Å². The Morgan fingerprint density at radius 1 is 1.12 bits per heavy atom. The molecule has 0 spiro atoms. The summed E-state index contributed by atoms with van der Waals surface area (Å²) in [5.41, 5.74) is 0.971. The fourth-order valence-corrected chi connectivity index (χ4v) is 2.56. The molecule has 0 aliphatic rings. The molecular formula is C19H18N2O5. The van der Waals surface area contributed by atoms with E-state index in [0.717, 1.165) is 0 Å². The van der Waals surface area contributed by atoms with Gasteiger partial charge in [0.25, 0.3) is 5.56 Å². The third-order valence-corrected chi connectivity index (χ3v) is 3.91. The number of methoxy groups -OCH3 is 2. The maximum absolute atomic E-state index is 12.4. The lowest BCUT2D eigenvalue weighted by Gasteiger charge is -2.11. The maximum atomic E-state index is 12.4. The Balaban J connectivity index is 1.72. The van der Waals surface area contributed by atoms with Crippen molar-refractivity contribution in [3.05, 3.63) is 64.7 Å². The van der Waals surface area contributed by atoms with Crippen LogP contribution in [-0.2, 0) is 22.7 Å². The number of esters is 1. The Kier molecular flexibility index (Phi) is 5.17. The van der Waals surface area contributed by atoms with Crippen LogP contribution in [0, 0.1) is 0 Å². The Hall–Kier alpha value is -3.35. The number of ether oxygens (including phenoxy) is 3. The fraction of sp³-hybridized carbons (Fsp3) is 0.211. The largest absolute Gasteiger partial charge is 0.497 e. The summed E-state index contributed by atoms with van der Waals surface area (Å²) in [4.78, 5) is 28.7. The van der Waals surface area contributed by atoms with Crippen LogP contribution in [0.15, 0.2) is 53.6 Å². The predicted octanol–water partition coefficient (Wildman–Crippen LogP) is 2.16. The number of hydrogen-bond donors (Lipinski definition) is 0. The molecule has 0 radical (unpaired) electrons. The van der Waals surface area contributed by atoms with E-state index in [-0.39, 0.29) is 18.7 Å². The van der Waals surface area contributed by atoms with E-state index in [9.17, 15) is 9.59 Å². The summed E-state index contributed by atoms with van der Waals surface area (Å²) >= 11 is 0. The molecule has 0 N–H and O–H groups in total. The molecule has 0 saturated heterocycles. The quantitative estimate of drug-likeness (QED) is 0.631. The zero-order valence-corrected chi connectivity index (χ0v) is 14.5. The van der Waals surface area contributed by atoms with Gasteiger partial charge in [-0.25, -0.2) is 4.98 Å². The minimum absolute atomic E-state index is 0.00890. The van der Waals surface area contributed by atoms with Crippen molar-refractivity contribution < 1.29 is 19.0 Å². The number of aromatic nitrogens is 2. The van der Waals surface area contributed by atoms with Gasteiger partial charge in [-0.2, -0.15) is 0 Å². The number of benzene rings is 2. The standard InChI is InChI=1S/C19H18N2O5/c1-24-14-7-8-17(25-2)13(9-14)11-26-18(22)10-21-12-20-16-6-4-3-5-15(16)19(21)23/h3-9,12H,10-11H2,1-2H3. The highest BCUT2D eigenvalue weighted by Crippen LogP contribution is 2.24. The smallest absolute Gasteiger partial charge is 0.326 e. The van der Waals surface area contributed by atoms with E-state index in [4.69, 9.17) is 14.2 Å². The molecule has 0 aliphatic heterocycles. The van der Waals surface area contributed by atoms with Crippen molar-refractivity contribution in [2.45, 2.75) is 13.2 Å². The molecule has 0 unspecified atom stereocenters. The number of carbonyl (C=O) groups is 1. The fourth-order valence-electron chi connectivity index (χ4n) is 2.56. The van der Waals surface area contributed by atoms with E-state index in [1.807, 2.05) is 0 Å². The molecule has 2 aromatic carbocycles. The van der Waals surface area contributed by atoms with Gasteiger partial charge in [0.15, 0.2) is 0 Å². The van der Waals surface area contributed by atoms with Crippen molar-refractivity contribution in [3.8, 4) is 11.5 Å². The van der Waals surface area contributed by atoms with Gasteiger partial charge in [-0.1, -0.05) is 12.1 Å². The van der Waals surface area contributed by atoms with Crippen molar-refractivity contribution >= 4 is 16.9 Å². The lowest BCUT2D eigenvalue weighted by Crippen LogP contribution is -2.25. The first-order valence-electron chi connectivity index (χ1n) is 7.93. The highest BCUT2D eigenvalue weighted by molar-refractivity contribution is 5.77. The molecule has 3 rings (SSSR count). The van der Waals surface area contributed by atoms with Crippen LogP contribution in [0.2, 0.25) is 0 Å². The summed E-state index contributed by atoms with van der Waals surface area (Å²) < 4.78 is 16.9. The number of carbonyl (C=O) groups excluding carboxylic acids is 1. The van der Waals surface area contributed by atoms with Crippen LogP contribution in [-0.4, -0.2) is 29.7 Å². The zero-order chi connectivity index (χ0) is 18.5. The van der Waals surface area contributed by atoms with Crippen LogP contribution in [0.25, 0.3) is 10.9 Å². The van der Waals surface area contributed by atoms with Gasteiger partial charge in [0.1, 0.15) is 24.7 Å². The molecule has 1 aromatic heterocycles. The molecule has 26 heavy (non-hydrogen) atoms. The minimum atomic E-state index is -0.547. The van der Waals surface area contributed by atoms with Gasteiger partial charge in [-0.15, -0.1) is 0 Å². The third kappa shape index (κ3) is 3.66. The van der Waals surface area contributed by atoms with Crippen LogP contribution in [0.1, 0.15) is 5.56 Å². The molecule has 1 heterocycles. The number of rotatable bonds is 6. The van der Waals surface area contributed by atoms with E-state index >= 15 is 0 Å². The van der Waals surface area contributed by atoms with Crippen LogP contribution in [0.5, 0.6) is 11.5 Å². The van der Waals surface area contributed by atoms with Gasteiger partial charge < -0.3 is 14.2 Å². The molecule has 3 aromatic rings. The Bertz CT molecular complexity index is 997. The second-order valence-electron chi connectivity index (χ2n) is 5.53. The number of para-hydroxylation sites is 1. The van der Waals surface area contributed by atoms with Crippen molar-refractivity contribution in [2.75, 3.05) is 14.2 Å². The number of hydrogen-bond acceptors (Lipinski definition) is 6. The topological polar surface area (TPSA) is 79.7 Å². The van der Waals surface area contributed by atoms with E-state index in [1.54, 1.807) is 49.6 Å². The van der Waals surface area contributed by atoms with E-state index in [1.165, 1.54) is 18.0 Å². The first kappa shape index (κ1) is 17.5. The molecule has 134 valence electrons. The van der Waals surface area contributed by atoms with Crippen LogP contribution >= 0.6 is 0 Å². The lowest BCUT2D eigenvalue weighted by molar-refractivity contribution is -0.145. The van der Waals surface area contributed by atoms with Gasteiger partial charge in [-0.3, -0.25) is 14.2 Å². The molecule has 7 heteroatoms. The summed E-state index contributed by atoms with van der Waals surface area (Å²) in [6.45, 7) is -0.210. The van der Waals surface area contributed by atoms with Crippen LogP contribution in [0.3, 0.4) is 0 Å². The van der Waals surface area contributed by atoms with Crippen LogP contribution < -0.4 is 15.0 Å². The lowest BCUT2D eigenvalue weighted by atomic mass is 10.2. The summed E-state index contributed by atoms with van der Waals surface area (Å²) in [5, 5.41) is 0.456. The number of nitrogens with zero attached hydrogens (tertiary/aromatic N) is 2. The third-order valence-electron chi connectivity index (χ3n) is 3.91. The predicted molar refractivity (Wildman–Crippen MR) is 95.3 cm³/mol. The molecular weight excluding hydrogens is 336 g/mol. The second kappa shape index (κ2) is 7.69. The molecule has 0 amide bonds. The van der Waals surface area contributed by atoms with Gasteiger partial charge in [-0.05, 0) is 30.3 Å². The first-order chi connectivity index (χ1) is 12.6. The van der Waals surface area contributed by atoms with Crippen molar-refractivity contribution in [1.82, 2.24) is 9.55 Å². The highest BCUT2D eigenvalue weighted by Gasteiger charge is 2.11. The summed E-state index contributed by atoms with van der Waals surface area (Å²) in [7, 11) is 3.09. The SMILES string of the molecule is COc1ccc(OC)c(COC(=O)Cn2cnc3ccccc3c2=O)c1.